The Labute approximate surface area is 128 Å². The van der Waals surface area contributed by atoms with E-state index in [0.717, 1.165) is 35.6 Å². The van der Waals surface area contributed by atoms with Gasteiger partial charge in [0.05, 0.1) is 6.04 Å². The van der Waals surface area contributed by atoms with Crippen LogP contribution in [0.5, 0.6) is 0 Å². The van der Waals surface area contributed by atoms with Crippen LogP contribution < -0.4 is 10.6 Å². The predicted molar refractivity (Wildman–Crippen MR) is 85.1 cm³/mol. The highest BCUT2D eigenvalue weighted by Crippen LogP contribution is 2.42. The van der Waals surface area contributed by atoms with Crippen molar-refractivity contribution >= 4 is 28.0 Å². The third-order valence-electron chi connectivity index (χ3n) is 3.70. The van der Waals surface area contributed by atoms with Gasteiger partial charge in [-0.05, 0) is 65.2 Å². The maximum Gasteiger partial charge on any atom is 0.136 e. The van der Waals surface area contributed by atoms with E-state index in [0.29, 0.717) is 5.92 Å². The van der Waals surface area contributed by atoms with Gasteiger partial charge in [-0.25, -0.2) is 4.98 Å². The van der Waals surface area contributed by atoms with E-state index in [-0.39, 0.29) is 6.04 Å². The molecule has 1 aliphatic carbocycles. The quantitative estimate of drug-likeness (QED) is 0.656. The second-order valence-electron chi connectivity index (χ2n) is 5.59. The summed E-state index contributed by atoms with van der Waals surface area (Å²) in [6.07, 6.45) is 4.64. The summed E-state index contributed by atoms with van der Waals surface area (Å²) in [7, 11) is 1.92. The predicted octanol–water partition coefficient (Wildman–Crippen LogP) is 2.95. The van der Waals surface area contributed by atoms with E-state index in [1.54, 1.807) is 0 Å². The van der Waals surface area contributed by atoms with Crippen molar-refractivity contribution in [3.8, 4) is 0 Å². The lowest BCUT2D eigenvalue weighted by Crippen LogP contribution is -2.22. The molecule has 0 aromatic carbocycles. The molecule has 2 fully saturated rings. The fourth-order valence-corrected chi connectivity index (χ4v) is 2.74. The van der Waals surface area contributed by atoms with Gasteiger partial charge in [0.15, 0.2) is 0 Å². The van der Waals surface area contributed by atoms with Gasteiger partial charge in [-0.2, -0.15) is 0 Å². The van der Waals surface area contributed by atoms with E-state index in [4.69, 9.17) is 0 Å². The Kier molecular flexibility index (Phi) is 5.54. The number of rotatable bonds is 3. The first-order valence-electron chi connectivity index (χ1n) is 7.17. The second kappa shape index (κ2) is 7.18. The highest BCUT2D eigenvalue weighted by Gasteiger charge is 2.26. The van der Waals surface area contributed by atoms with Gasteiger partial charge in [0.2, 0.25) is 0 Å². The largest absolute Gasteiger partial charge is 0.373 e. The highest BCUT2D eigenvalue weighted by molar-refractivity contribution is 9.10. The van der Waals surface area contributed by atoms with E-state index in [1.165, 1.54) is 18.4 Å². The molecule has 20 heavy (non-hydrogen) atoms. The topological polar surface area (TPSA) is 54.0 Å². The van der Waals surface area contributed by atoms with Crippen molar-refractivity contribution in [3.63, 3.8) is 0 Å². The van der Waals surface area contributed by atoms with Gasteiger partial charge in [0.1, 0.15) is 16.7 Å². The van der Waals surface area contributed by atoms with E-state index < -0.39 is 0 Å². The number of aromatic nitrogens is 1. The summed E-state index contributed by atoms with van der Waals surface area (Å²) in [5, 5.41) is 6.20. The van der Waals surface area contributed by atoms with Crippen LogP contribution in [0.4, 0.5) is 5.82 Å². The van der Waals surface area contributed by atoms with Crippen molar-refractivity contribution in [2.45, 2.75) is 38.1 Å². The number of hydrogen-bond acceptors (Lipinski definition) is 4. The van der Waals surface area contributed by atoms with Crippen molar-refractivity contribution in [2.24, 2.45) is 5.92 Å². The zero-order valence-electron chi connectivity index (χ0n) is 12.0. The molecule has 1 saturated carbocycles. The van der Waals surface area contributed by atoms with Crippen molar-refractivity contribution < 1.29 is 4.79 Å². The van der Waals surface area contributed by atoms with E-state index >= 15 is 0 Å². The first-order valence-corrected chi connectivity index (χ1v) is 7.96. The Morgan fingerprint density at radius 2 is 2.20 bits per heavy atom. The Bertz CT molecular complexity index is 462. The third kappa shape index (κ3) is 4.28. The van der Waals surface area contributed by atoms with Gasteiger partial charge >= 0.3 is 0 Å². The number of hydrogen-bond donors (Lipinski definition) is 2. The van der Waals surface area contributed by atoms with Gasteiger partial charge in [0, 0.05) is 7.05 Å². The van der Waals surface area contributed by atoms with Crippen LogP contribution in [0, 0.1) is 5.92 Å². The number of aldehydes is 1. The minimum Gasteiger partial charge on any atom is -0.373 e. The maximum absolute atomic E-state index is 10.1. The Morgan fingerprint density at radius 1 is 1.45 bits per heavy atom. The third-order valence-corrected chi connectivity index (χ3v) is 4.14. The Balaban J connectivity index is 0.000000160. The van der Waals surface area contributed by atoms with E-state index in [1.807, 2.05) is 13.1 Å². The molecular weight excluding hydrogens is 318 g/mol. The van der Waals surface area contributed by atoms with Gasteiger partial charge in [0.25, 0.3) is 0 Å². The van der Waals surface area contributed by atoms with Gasteiger partial charge in [-0.1, -0.05) is 13.0 Å². The van der Waals surface area contributed by atoms with Crippen LogP contribution in [-0.4, -0.2) is 30.9 Å². The van der Waals surface area contributed by atoms with Gasteiger partial charge in [-0.15, -0.1) is 0 Å². The molecule has 2 N–H and O–H groups in total. The average Bonchev–Trinajstić information content (AvgIpc) is 3.21. The molecule has 2 atom stereocenters. The normalized spacial score (nSPS) is 24.8. The lowest BCUT2D eigenvalue weighted by atomic mass is 10.1. The Hall–Kier alpha value is -0.940. The van der Waals surface area contributed by atoms with Crippen LogP contribution in [0.15, 0.2) is 16.7 Å². The molecule has 1 saturated heterocycles. The average molecular weight is 340 g/mol. The summed E-state index contributed by atoms with van der Waals surface area (Å²) in [5.74, 6) is 2.46. The molecule has 0 bridgehead atoms. The number of nitrogens with one attached hydrogen (secondary N) is 2. The molecule has 0 amide bonds. The molecule has 5 heteroatoms. The standard InChI is InChI=1S/C9H11BrN2.C6H11NO/c1-11-9-7(6-2-3-6)4-5-8(10)12-9;1-5-2-6(4-8)7-3-5/h4-6H,2-3H2,1H3,(H,11,12);4-7H,2-3H2,1H3. The Morgan fingerprint density at radius 3 is 2.65 bits per heavy atom. The van der Waals surface area contributed by atoms with E-state index in [2.05, 4.69) is 44.5 Å². The zero-order chi connectivity index (χ0) is 14.5. The summed E-state index contributed by atoms with van der Waals surface area (Å²) in [4.78, 5) is 14.4. The van der Waals surface area contributed by atoms with Crippen LogP contribution in [-0.2, 0) is 4.79 Å². The van der Waals surface area contributed by atoms with Gasteiger partial charge < -0.3 is 15.4 Å². The lowest BCUT2D eigenvalue weighted by Gasteiger charge is -2.06. The van der Waals surface area contributed by atoms with Gasteiger partial charge in [-0.3, -0.25) is 0 Å². The minimum atomic E-state index is 0.144. The summed E-state index contributed by atoms with van der Waals surface area (Å²) in [6.45, 7) is 3.15. The molecule has 0 radical (unpaired) electrons. The van der Waals surface area contributed by atoms with Crippen LogP contribution in [0.25, 0.3) is 0 Å². The number of carbonyl (C=O) groups is 1. The molecule has 4 nitrogen and oxygen atoms in total. The first kappa shape index (κ1) is 15.4. The van der Waals surface area contributed by atoms with Crippen molar-refractivity contribution in [3.05, 3.63) is 22.3 Å². The molecule has 2 unspecified atom stereocenters. The smallest absolute Gasteiger partial charge is 0.136 e. The fourth-order valence-electron chi connectivity index (χ4n) is 2.43. The SMILES string of the molecule is CC1CNC(C=O)C1.CNc1nc(Br)ccc1C1CC1. The van der Waals surface area contributed by atoms with Crippen LogP contribution in [0.3, 0.4) is 0 Å². The fraction of sp³-hybridized carbons (Fsp3) is 0.600. The van der Waals surface area contributed by atoms with Crippen LogP contribution in [0.2, 0.25) is 0 Å². The maximum atomic E-state index is 10.1. The molecule has 1 aliphatic heterocycles. The molecule has 3 rings (SSSR count). The van der Waals surface area contributed by atoms with Crippen LogP contribution >= 0.6 is 15.9 Å². The number of carbonyl (C=O) groups excluding carboxylic acids is 1. The molecule has 0 spiro atoms. The molecular formula is C15H22BrN3O. The molecule has 110 valence electrons. The number of pyridine rings is 1. The number of anilines is 1. The van der Waals surface area contributed by atoms with Crippen LogP contribution in [0.1, 0.15) is 37.7 Å². The molecule has 2 heterocycles. The zero-order valence-corrected chi connectivity index (χ0v) is 13.6. The highest BCUT2D eigenvalue weighted by atomic mass is 79.9. The van der Waals surface area contributed by atoms with Crippen molar-refractivity contribution in [1.82, 2.24) is 10.3 Å². The van der Waals surface area contributed by atoms with Crippen molar-refractivity contribution in [2.75, 3.05) is 18.9 Å². The second-order valence-corrected chi connectivity index (χ2v) is 6.40. The molecule has 1 aromatic heterocycles. The minimum absolute atomic E-state index is 0.144. The summed E-state index contributed by atoms with van der Waals surface area (Å²) < 4.78 is 0.899. The summed E-state index contributed by atoms with van der Waals surface area (Å²) >= 11 is 3.36. The van der Waals surface area contributed by atoms with E-state index in [9.17, 15) is 4.79 Å². The number of nitrogens with zero attached hydrogens (tertiary/aromatic N) is 1. The monoisotopic (exact) mass is 339 g/mol. The molecule has 1 aromatic rings. The summed E-state index contributed by atoms with van der Waals surface area (Å²) in [5.41, 5.74) is 1.36. The lowest BCUT2D eigenvalue weighted by molar-refractivity contribution is -0.109. The number of halogens is 1. The molecule has 2 aliphatic rings. The summed E-state index contributed by atoms with van der Waals surface area (Å²) in [6, 6.07) is 4.31. The first-order chi connectivity index (χ1) is 9.63. The van der Waals surface area contributed by atoms with Crippen molar-refractivity contribution in [1.29, 1.82) is 0 Å².